The zero-order valence-corrected chi connectivity index (χ0v) is 20.6. The molecule has 1 aromatic heterocycles. The maximum atomic E-state index is 11.4. The van der Waals surface area contributed by atoms with Gasteiger partial charge in [0.2, 0.25) is 0 Å². The predicted octanol–water partition coefficient (Wildman–Crippen LogP) is 6.43. The molecule has 182 valence electrons. The second kappa shape index (κ2) is 10.6. The molecule has 0 aliphatic rings. The highest BCUT2D eigenvalue weighted by Gasteiger charge is 2.29. The molecule has 0 spiro atoms. The lowest BCUT2D eigenvalue weighted by Gasteiger charge is -2.20. The summed E-state index contributed by atoms with van der Waals surface area (Å²) in [7, 11) is 0. The summed E-state index contributed by atoms with van der Waals surface area (Å²) < 4.78 is 6.19. The van der Waals surface area contributed by atoms with Crippen LogP contribution in [0.4, 0.5) is 5.69 Å². The molecular weight excluding hydrogens is 438 g/mol. The van der Waals surface area contributed by atoms with E-state index in [0.717, 1.165) is 65.0 Å². The Kier molecular flexibility index (Phi) is 7.39. The van der Waals surface area contributed by atoms with E-state index in [1.807, 2.05) is 42.5 Å². The second-order valence-electron chi connectivity index (χ2n) is 9.29. The maximum absolute atomic E-state index is 11.4. The van der Waals surface area contributed by atoms with Crippen LogP contribution < -0.4 is 10.1 Å². The average molecular weight is 472 g/mol. The van der Waals surface area contributed by atoms with E-state index in [0.29, 0.717) is 6.61 Å². The molecule has 1 heterocycles. The van der Waals surface area contributed by atoms with Gasteiger partial charge < -0.3 is 15.2 Å². The highest BCUT2D eigenvalue weighted by atomic mass is 16.5. The first-order valence-corrected chi connectivity index (χ1v) is 12.2. The number of H-pyrrole nitrogens is 1. The molecule has 0 radical (unpaired) electrons. The molecule has 4 aromatic rings. The van der Waals surface area contributed by atoms with Crippen LogP contribution in [0, 0.1) is 0 Å². The van der Waals surface area contributed by atoms with Gasteiger partial charge in [-0.2, -0.15) is 5.10 Å². The van der Waals surface area contributed by atoms with Crippen LogP contribution >= 0.6 is 0 Å². The van der Waals surface area contributed by atoms with Crippen molar-refractivity contribution < 1.29 is 14.6 Å². The van der Waals surface area contributed by atoms with E-state index in [2.05, 4.69) is 46.7 Å². The number of benzene rings is 3. The molecule has 0 aliphatic carbocycles. The van der Waals surface area contributed by atoms with Gasteiger partial charge >= 0.3 is 5.97 Å². The molecular formula is C29H33N3O3. The lowest BCUT2D eigenvalue weighted by atomic mass is 9.85. The van der Waals surface area contributed by atoms with Crippen LogP contribution in [0.15, 0.2) is 66.7 Å². The molecule has 3 N–H and O–H groups in total. The number of aryl methyl sites for hydroxylation is 1. The first kappa shape index (κ1) is 24.3. The number of nitrogens with one attached hydrogen (secondary N) is 2. The fourth-order valence-corrected chi connectivity index (χ4v) is 4.19. The molecule has 0 saturated carbocycles. The number of hydrogen-bond acceptors (Lipinski definition) is 4. The number of carboxylic acid groups (broad SMARTS) is 1. The minimum Gasteiger partial charge on any atom is -0.493 e. The van der Waals surface area contributed by atoms with Gasteiger partial charge in [-0.3, -0.25) is 9.89 Å². The molecule has 0 fully saturated rings. The summed E-state index contributed by atoms with van der Waals surface area (Å²) in [5.74, 6) is 0.0743. The summed E-state index contributed by atoms with van der Waals surface area (Å²) in [6, 6.07) is 22.0. The molecule has 0 atom stereocenters. The van der Waals surface area contributed by atoms with Crippen LogP contribution in [0.1, 0.15) is 44.7 Å². The van der Waals surface area contributed by atoms with E-state index < -0.39 is 11.4 Å². The van der Waals surface area contributed by atoms with Crippen LogP contribution in [-0.2, 0) is 16.6 Å². The Bertz CT molecular complexity index is 1280. The Labute approximate surface area is 206 Å². The van der Waals surface area contributed by atoms with Crippen molar-refractivity contribution in [3.8, 4) is 17.0 Å². The Morgan fingerprint density at radius 1 is 1.06 bits per heavy atom. The number of nitrogens with zero attached hydrogens (tertiary/aromatic N) is 1. The number of aromatic nitrogens is 2. The molecule has 6 heteroatoms. The number of carboxylic acids is 1. The largest absolute Gasteiger partial charge is 0.493 e. The molecule has 6 nitrogen and oxygen atoms in total. The lowest BCUT2D eigenvalue weighted by Crippen LogP contribution is -2.28. The predicted molar refractivity (Wildman–Crippen MR) is 141 cm³/mol. The van der Waals surface area contributed by atoms with Gasteiger partial charge in [0.15, 0.2) is 0 Å². The van der Waals surface area contributed by atoms with Gasteiger partial charge in [-0.05, 0) is 56.5 Å². The van der Waals surface area contributed by atoms with Crippen LogP contribution in [-0.4, -0.2) is 34.4 Å². The van der Waals surface area contributed by atoms with Crippen LogP contribution in [0.2, 0.25) is 0 Å². The smallest absolute Gasteiger partial charge is 0.313 e. The minimum atomic E-state index is -0.903. The third-order valence-electron chi connectivity index (χ3n) is 6.40. The molecule has 0 unspecified atom stereocenters. The van der Waals surface area contributed by atoms with Gasteiger partial charge in [-0.15, -0.1) is 0 Å². The number of carbonyl (C=O) groups is 1. The summed E-state index contributed by atoms with van der Waals surface area (Å²) in [5.41, 5.74) is 5.13. The topological polar surface area (TPSA) is 87.2 Å². The summed E-state index contributed by atoms with van der Waals surface area (Å²) in [5, 5.41) is 21.7. The Morgan fingerprint density at radius 2 is 1.80 bits per heavy atom. The fraction of sp³-hybridized carbons (Fsp3) is 0.310. The number of rotatable bonds is 11. The zero-order chi connectivity index (χ0) is 24.8. The zero-order valence-electron chi connectivity index (χ0n) is 20.6. The molecule has 35 heavy (non-hydrogen) atoms. The van der Waals surface area contributed by atoms with E-state index in [1.165, 1.54) is 5.56 Å². The van der Waals surface area contributed by atoms with Gasteiger partial charge in [0.05, 0.1) is 23.2 Å². The number of anilines is 1. The third-order valence-corrected chi connectivity index (χ3v) is 6.40. The molecule has 0 saturated heterocycles. The van der Waals surface area contributed by atoms with Crippen molar-refractivity contribution in [3.63, 3.8) is 0 Å². The molecule has 3 aromatic carbocycles. The standard InChI is InChI=1S/C29H33N3O3/c1-4-9-23-25(17-16-24-26(31-32-27(23)24)20-10-6-5-7-11-20)35-19-8-18-30-22-14-12-21(13-15-22)29(2,3)28(33)34/h5-7,10-17,30H,4,8-9,18-19H2,1-3H3,(H,31,32)(H,33,34). The highest BCUT2D eigenvalue weighted by molar-refractivity contribution is 5.95. The van der Waals surface area contributed by atoms with Crippen molar-refractivity contribution in [2.75, 3.05) is 18.5 Å². The monoisotopic (exact) mass is 471 g/mol. The Hall–Kier alpha value is -3.80. The number of aromatic amines is 1. The van der Waals surface area contributed by atoms with Crippen LogP contribution in [0.25, 0.3) is 22.2 Å². The van der Waals surface area contributed by atoms with Crippen molar-refractivity contribution in [2.24, 2.45) is 0 Å². The van der Waals surface area contributed by atoms with Crippen molar-refractivity contribution in [3.05, 3.63) is 77.9 Å². The number of aliphatic carboxylic acids is 1. The van der Waals surface area contributed by atoms with Crippen LogP contribution in [0.3, 0.4) is 0 Å². The normalized spacial score (nSPS) is 11.5. The van der Waals surface area contributed by atoms with Crippen LogP contribution in [0.5, 0.6) is 5.75 Å². The Balaban J connectivity index is 1.37. The second-order valence-corrected chi connectivity index (χ2v) is 9.29. The van der Waals surface area contributed by atoms with E-state index in [9.17, 15) is 9.90 Å². The lowest BCUT2D eigenvalue weighted by molar-refractivity contribution is -0.142. The van der Waals surface area contributed by atoms with E-state index in [1.54, 1.807) is 13.8 Å². The molecule has 0 amide bonds. The highest BCUT2D eigenvalue weighted by Crippen LogP contribution is 2.33. The number of ether oxygens (including phenoxy) is 1. The first-order chi connectivity index (χ1) is 16.9. The number of hydrogen-bond donors (Lipinski definition) is 3. The average Bonchev–Trinajstić information content (AvgIpc) is 3.30. The fourth-order valence-electron chi connectivity index (χ4n) is 4.19. The summed E-state index contributed by atoms with van der Waals surface area (Å²) in [6.07, 6.45) is 2.77. The van der Waals surface area contributed by atoms with E-state index >= 15 is 0 Å². The van der Waals surface area contributed by atoms with Gasteiger partial charge in [-0.1, -0.05) is 55.8 Å². The van der Waals surface area contributed by atoms with E-state index in [4.69, 9.17) is 4.74 Å². The summed E-state index contributed by atoms with van der Waals surface area (Å²) in [4.78, 5) is 11.4. The minimum absolute atomic E-state index is 0.596. The Morgan fingerprint density at radius 3 is 2.49 bits per heavy atom. The summed E-state index contributed by atoms with van der Waals surface area (Å²) >= 11 is 0. The van der Waals surface area contributed by atoms with Gasteiger partial charge in [0, 0.05) is 28.7 Å². The van der Waals surface area contributed by atoms with Gasteiger partial charge in [-0.25, -0.2) is 0 Å². The molecule has 4 rings (SSSR count). The quantitative estimate of drug-likeness (QED) is 0.220. The van der Waals surface area contributed by atoms with Crippen molar-refractivity contribution >= 4 is 22.6 Å². The van der Waals surface area contributed by atoms with Crippen molar-refractivity contribution in [2.45, 2.75) is 45.4 Å². The van der Waals surface area contributed by atoms with Gasteiger partial charge in [0.1, 0.15) is 5.75 Å². The molecule has 0 aliphatic heterocycles. The first-order valence-electron chi connectivity index (χ1n) is 12.2. The van der Waals surface area contributed by atoms with E-state index in [-0.39, 0.29) is 0 Å². The molecule has 0 bridgehead atoms. The van der Waals surface area contributed by atoms with Crippen molar-refractivity contribution in [1.82, 2.24) is 10.2 Å². The maximum Gasteiger partial charge on any atom is 0.313 e. The summed E-state index contributed by atoms with van der Waals surface area (Å²) in [6.45, 7) is 6.95. The SMILES string of the molecule is CCCc1c(OCCCNc2ccc(C(C)(C)C(=O)O)cc2)ccc2c(-c3ccccc3)n[nH]c12. The third kappa shape index (κ3) is 5.32. The van der Waals surface area contributed by atoms with Crippen molar-refractivity contribution in [1.29, 1.82) is 0 Å². The van der Waals surface area contributed by atoms with Gasteiger partial charge in [0.25, 0.3) is 0 Å². The number of fused-ring (bicyclic) bond motifs is 1.